The standard InChI is InChI=1S/C18H23ClN6O2/c1-26-10-13(20)4-3-7-27-16-6-2-5-15(19)14(16)8-12-9-24-25-17(12)22-11-23-18(25)21/h2,5-6,9,11,13H,3-4,7-8,10,20H2,1H3,(H2,21,22,23)/t13-/m1/s1. The zero-order valence-corrected chi connectivity index (χ0v) is 15.9. The Kier molecular flexibility index (Phi) is 6.44. The number of anilines is 1. The van der Waals surface area contributed by atoms with E-state index in [1.165, 1.54) is 10.8 Å². The first-order valence-electron chi connectivity index (χ1n) is 8.68. The fourth-order valence-electron chi connectivity index (χ4n) is 2.86. The minimum absolute atomic E-state index is 0.0151. The summed E-state index contributed by atoms with van der Waals surface area (Å²) in [7, 11) is 1.65. The predicted octanol–water partition coefficient (Wildman–Crippen LogP) is 2.08. The normalized spacial score (nSPS) is 12.4. The molecule has 0 saturated carbocycles. The number of rotatable bonds is 9. The highest BCUT2D eigenvalue weighted by Crippen LogP contribution is 2.30. The molecule has 2 heterocycles. The molecule has 0 spiro atoms. The van der Waals surface area contributed by atoms with Gasteiger partial charge < -0.3 is 20.9 Å². The lowest BCUT2D eigenvalue weighted by molar-refractivity contribution is 0.172. The molecular weight excluding hydrogens is 368 g/mol. The van der Waals surface area contributed by atoms with Gasteiger partial charge in [0.1, 0.15) is 12.1 Å². The summed E-state index contributed by atoms with van der Waals surface area (Å²) in [6.07, 6.45) is 5.32. The summed E-state index contributed by atoms with van der Waals surface area (Å²) in [4.78, 5) is 8.21. The van der Waals surface area contributed by atoms with Gasteiger partial charge in [0.05, 0.1) is 19.4 Å². The van der Waals surface area contributed by atoms with Crippen LogP contribution in [0.1, 0.15) is 24.0 Å². The van der Waals surface area contributed by atoms with Crippen molar-refractivity contribution in [3.8, 4) is 5.75 Å². The van der Waals surface area contributed by atoms with Crippen LogP contribution < -0.4 is 16.2 Å². The maximum Gasteiger partial charge on any atom is 0.224 e. The Morgan fingerprint density at radius 2 is 2.15 bits per heavy atom. The summed E-state index contributed by atoms with van der Waals surface area (Å²) in [5.74, 6) is 1.03. The zero-order chi connectivity index (χ0) is 19.2. The average molecular weight is 391 g/mol. The SMILES string of the molecule is COC[C@H](N)CCCOc1cccc(Cl)c1Cc1cnn2c(N)ncnc12. The summed E-state index contributed by atoms with van der Waals surface area (Å²) in [6.45, 7) is 1.09. The van der Waals surface area contributed by atoms with E-state index in [9.17, 15) is 0 Å². The predicted molar refractivity (Wildman–Crippen MR) is 104 cm³/mol. The summed E-state index contributed by atoms with van der Waals surface area (Å²) in [5, 5.41) is 4.87. The molecule has 0 bridgehead atoms. The number of hydrogen-bond acceptors (Lipinski definition) is 7. The number of nitrogen functional groups attached to an aromatic ring is 1. The highest BCUT2D eigenvalue weighted by Gasteiger charge is 2.14. The van der Waals surface area contributed by atoms with Crippen LogP contribution in [0.15, 0.2) is 30.7 Å². The van der Waals surface area contributed by atoms with E-state index in [2.05, 4.69) is 15.1 Å². The van der Waals surface area contributed by atoms with Crippen molar-refractivity contribution < 1.29 is 9.47 Å². The number of nitrogens with two attached hydrogens (primary N) is 2. The third kappa shape index (κ3) is 4.65. The second-order valence-electron chi connectivity index (χ2n) is 6.24. The maximum absolute atomic E-state index is 6.43. The first-order chi connectivity index (χ1) is 13.1. The molecule has 0 unspecified atom stereocenters. The van der Waals surface area contributed by atoms with Gasteiger partial charge in [-0.25, -0.2) is 9.97 Å². The van der Waals surface area contributed by atoms with Crippen LogP contribution in [0.3, 0.4) is 0 Å². The maximum atomic E-state index is 6.43. The second kappa shape index (κ2) is 8.98. The molecule has 0 fully saturated rings. The lowest BCUT2D eigenvalue weighted by Crippen LogP contribution is -2.25. The molecule has 1 atom stereocenters. The summed E-state index contributed by atoms with van der Waals surface area (Å²) < 4.78 is 12.5. The molecule has 0 saturated heterocycles. The third-order valence-corrected chi connectivity index (χ3v) is 4.56. The van der Waals surface area contributed by atoms with E-state index < -0.39 is 0 Å². The molecule has 0 aliphatic rings. The van der Waals surface area contributed by atoms with Crippen molar-refractivity contribution in [2.75, 3.05) is 26.1 Å². The van der Waals surface area contributed by atoms with Gasteiger partial charge >= 0.3 is 0 Å². The van der Waals surface area contributed by atoms with Gasteiger partial charge in [0, 0.05) is 35.7 Å². The highest BCUT2D eigenvalue weighted by molar-refractivity contribution is 6.31. The molecule has 27 heavy (non-hydrogen) atoms. The van der Waals surface area contributed by atoms with E-state index in [0.29, 0.717) is 30.3 Å². The summed E-state index contributed by atoms with van der Waals surface area (Å²) in [5.41, 5.74) is 14.2. The third-order valence-electron chi connectivity index (χ3n) is 4.20. The first-order valence-corrected chi connectivity index (χ1v) is 9.05. The van der Waals surface area contributed by atoms with Crippen molar-refractivity contribution >= 4 is 23.2 Å². The number of aromatic nitrogens is 4. The van der Waals surface area contributed by atoms with Crippen LogP contribution in [0, 0.1) is 0 Å². The van der Waals surface area contributed by atoms with Gasteiger partial charge in [0.2, 0.25) is 5.95 Å². The smallest absolute Gasteiger partial charge is 0.224 e. The number of halogens is 1. The van der Waals surface area contributed by atoms with Gasteiger partial charge in [-0.1, -0.05) is 17.7 Å². The number of ether oxygens (including phenoxy) is 2. The van der Waals surface area contributed by atoms with Crippen LogP contribution in [0.5, 0.6) is 5.75 Å². The lowest BCUT2D eigenvalue weighted by atomic mass is 10.1. The number of fused-ring (bicyclic) bond motifs is 1. The van der Waals surface area contributed by atoms with Gasteiger partial charge in [-0.05, 0) is 25.0 Å². The van der Waals surface area contributed by atoms with Crippen LogP contribution in [-0.2, 0) is 11.2 Å². The molecule has 3 aromatic rings. The molecule has 0 aliphatic heterocycles. The van der Waals surface area contributed by atoms with E-state index in [1.807, 2.05) is 18.2 Å². The van der Waals surface area contributed by atoms with E-state index in [1.54, 1.807) is 13.3 Å². The van der Waals surface area contributed by atoms with E-state index in [-0.39, 0.29) is 12.0 Å². The van der Waals surface area contributed by atoms with Crippen molar-refractivity contribution in [1.82, 2.24) is 19.6 Å². The Bertz CT molecular complexity index is 901. The molecule has 144 valence electrons. The monoisotopic (exact) mass is 390 g/mol. The Labute approximate surface area is 162 Å². The van der Waals surface area contributed by atoms with Crippen molar-refractivity contribution in [2.45, 2.75) is 25.3 Å². The molecule has 9 heteroatoms. The number of hydrogen-bond donors (Lipinski definition) is 2. The summed E-state index contributed by atoms with van der Waals surface area (Å²) in [6, 6.07) is 5.63. The van der Waals surface area contributed by atoms with Crippen molar-refractivity contribution in [3.05, 3.63) is 46.9 Å². The van der Waals surface area contributed by atoms with Gasteiger partial charge in [-0.3, -0.25) is 0 Å². The van der Waals surface area contributed by atoms with Crippen LogP contribution in [0.2, 0.25) is 5.02 Å². The molecule has 0 aliphatic carbocycles. The van der Waals surface area contributed by atoms with Gasteiger partial charge in [0.25, 0.3) is 0 Å². The number of nitrogens with zero attached hydrogens (tertiary/aromatic N) is 4. The van der Waals surface area contributed by atoms with Gasteiger partial charge in [0.15, 0.2) is 5.65 Å². The molecule has 0 radical (unpaired) electrons. The molecule has 1 aromatic carbocycles. The largest absolute Gasteiger partial charge is 0.493 e. The fraction of sp³-hybridized carbons (Fsp3) is 0.389. The highest BCUT2D eigenvalue weighted by atomic mass is 35.5. The van der Waals surface area contributed by atoms with Gasteiger partial charge in [-0.2, -0.15) is 9.61 Å². The topological polar surface area (TPSA) is 114 Å². The number of benzene rings is 1. The van der Waals surface area contributed by atoms with Crippen molar-refractivity contribution in [3.63, 3.8) is 0 Å². The summed E-state index contributed by atoms with van der Waals surface area (Å²) >= 11 is 6.43. The molecule has 2 aromatic heterocycles. The lowest BCUT2D eigenvalue weighted by Gasteiger charge is -2.14. The number of methoxy groups -OCH3 is 1. The van der Waals surface area contributed by atoms with Crippen LogP contribution in [-0.4, -0.2) is 45.9 Å². The van der Waals surface area contributed by atoms with Gasteiger partial charge in [-0.15, -0.1) is 0 Å². The first kappa shape index (κ1) is 19.3. The Balaban J connectivity index is 1.72. The minimum atomic E-state index is 0.0151. The van der Waals surface area contributed by atoms with E-state index in [4.69, 9.17) is 32.5 Å². The Morgan fingerprint density at radius 3 is 2.96 bits per heavy atom. The fourth-order valence-corrected chi connectivity index (χ4v) is 3.10. The molecule has 0 amide bonds. The minimum Gasteiger partial charge on any atom is -0.493 e. The van der Waals surface area contributed by atoms with Crippen LogP contribution >= 0.6 is 11.6 Å². The molecular formula is C18H23ClN6O2. The van der Waals surface area contributed by atoms with E-state index >= 15 is 0 Å². The molecule has 4 N–H and O–H groups in total. The van der Waals surface area contributed by atoms with Crippen molar-refractivity contribution in [1.29, 1.82) is 0 Å². The van der Waals surface area contributed by atoms with Crippen LogP contribution in [0.4, 0.5) is 5.95 Å². The molecule has 8 nitrogen and oxygen atoms in total. The second-order valence-corrected chi connectivity index (χ2v) is 6.64. The Hall–Kier alpha value is -2.42. The molecule has 3 rings (SSSR count). The van der Waals surface area contributed by atoms with Crippen molar-refractivity contribution in [2.24, 2.45) is 5.73 Å². The Morgan fingerprint density at radius 1 is 1.30 bits per heavy atom. The quantitative estimate of drug-likeness (QED) is 0.537. The van der Waals surface area contributed by atoms with E-state index in [0.717, 1.165) is 29.7 Å². The van der Waals surface area contributed by atoms with Crippen LogP contribution in [0.25, 0.3) is 5.65 Å². The zero-order valence-electron chi connectivity index (χ0n) is 15.1. The average Bonchev–Trinajstić information content (AvgIpc) is 3.06.